The van der Waals surface area contributed by atoms with Crippen molar-refractivity contribution in [2.75, 3.05) is 6.61 Å². The summed E-state index contributed by atoms with van der Waals surface area (Å²) in [5, 5.41) is 0. The Labute approximate surface area is 97.4 Å². The van der Waals surface area contributed by atoms with Gasteiger partial charge >= 0.3 is 0 Å². The van der Waals surface area contributed by atoms with Gasteiger partial charge in [0.25, 0.3) is 0 Å². The molecule has 0 saturated heterocycles. The van der Waals surface area contributed by atoms with E-state index in [1.165, 1.54) is 0 Å². The molecule has 1 aromatic carbocycles. The first-order valence-corrected chi connectivity index (χ1v) is 5.82. The molecule has 0 atom stereocenters. The highest BCUT2D eigenvalue weighted by molar-refractivity contribution is 6.17. The molecule has 0 heterocycles. The molecule has 0 amide bonds. The number of rotatable bonds is 4. The Hall–Kier alpha value is -0.690. The lowest BCUT2D eigenvalue weighted by Crippen LogP contribution is -2.11. The van der Waals surface area contributed by atoms with Crippen LogP contribution in [0.2, 0.25) is 0 Å². The van der Waals surface area contributed by atoms with Gasteiger partial charge in [-0.1, -0.05) is 32.9 Å². The van der Waals surface area contributed by atoms with Crippen molar-refractivity contribution in [2.24, 2.45) is 5.41 Å². The van der Waals surface area contributed by atoms with Crippen molar-refractivity contribution in [3.05, 3.63) is 29.8 Å². The second kappa shape index (κ2) is 5.41. The molecule has 0 aliphatic heterocycles. The van der Waals surface area contributed by atoms with Crippen molar-refractivity contribution in [3.8, 4) is 5.75 Å². The van der Waals surface area contributed by atoms with E-state index in [1.807, 2.05) is 24.3 Å². The van der Waals surface area contributed by atoms with E-state index in [2.05, 4.69) is 20.8 Å². The Morgan fingerprint density at radius 3 is 2.20 bits per heavy atom. The summed E-state index contributed by atoms with van der Waals surface area (Å²) >= 11 is 5.70. The molecule has 84 valence electrons. The Morgan fingerprint density at radius 2 is 1.73 bits per heavy atom. The van der Waals surface area contributed by atoms with E-state index >= 15 is 0 Å². The third-order valence-corrected chi connectivity index (χ3v) is 2.51. The maximum absolute atomic E-state index is 5.70. The molecule has 2 heteroatoms. The van der Waals surface area contributed by atoms with Gasteiger partial charge in [0.1, 0.15) is 5.75 Å². The number of halogens is 1. The molecule has 15 heavy (non-hydrogen) atoms. The van der Waals surface area contributed by atoms with Gasteiger partial charge in [0, 0.05) is 5.88 Å². The fourth-order valence-electron chi connectivity index (χ4n) is 1.15. The molecule has 0 bridgehead atoms. The lowest BCUT2D eigenvalue weighted by atomic mass is 9.93. The second-order valence-electron chi connectivity index (χ2n) is 4.94. The summed E-state index contributed by atoms with van der Waals surface area (Å²) < 4.78 is 5.64. The van der Waals surface area contributed by atoms with Crippen LogP contribution in [0.4, 0.5) is 0 Å². The first-order valence-electron chi connectivity index (χ1n) is 5.29. The fraction of sp³-hybridized carbons (Fsp3) is 0.538. The van der Waals surface area contributed by atoms with Crippen LogP contribution in [0.25, 0.3) is 0 Å². The predicted molar refractivity (Wildman–Crippen MR) is 65.6 cm³/mol. The van der Waals surface area contributed by atoms with Crippen LogP contribution in [0.15, 0.2) is 24.3 Å². The Balaban J connectivity index is 2.38. The lowest BCUT2D eigenvalue weighted by molar-refractivity contribution is 0.243. The van der Waals surface area contributed by atoms with Crippen LogP contribution < -0.4 is 4.74 Å². The van der Waals surface area contributed by atoms with E-state index in [1.54, 1.807) is 0 Å². The summed E-state index contributed by atoms with van der Waals surface area (Å²) in [5.74, 6) is 1.48. The van der Waals surface area contributed by atoms with Gasteiger partial charge in [-0.25, -0.2) is 0 Å². The zero-order valence-electron chi connectivity index (χ0n) is 9.72. The van der Waals surface area contributed by atoms with E-state index in [4.69, 9.17) is 16.3 Å². The van der Waals surface area contributed by atoms with E-state index in [0.29, 0.717) is 11.3 Å². The van der Waals surface area contributed by atoms with E-state index in [-0.39, 0.29) is 0 Å². The van der Waals surface area contributed by atoms with Gasteiger partial charge in [0.2, 0.25) is 0 Å². The molecule has 0 aliphatic carbocycles. The van der Waals surface area contributed by atoms with Crippen LogP contribution >= 0.6 is 11.6 Å². The molecule has 1 rings (SSSR count). The highest BCUT2D eigenvalue weighted by atomic mass is 35.5. The van der Waals surface area contributed by atoms with Crippen LogP contribution in [-0.4, -0.2) is 6.61 Å². The molecule has 0 unspecified atom stereocenters. The zero-order valence-corrected chi connectivity index (χ0v) is 10.5. The SMILES string of the molecule is CC(C)(C)CCOc1ccc(CCl)cc1. The molecule has 0 radical (unpaired) electrons. The molecule has 0 aromatic heterocycles. The quantitative estimate of drug-likeness (QED) is 0.698. The minimum absolute atomic E-state index is 0.329. The molecule has 0 spiro atoms. The van der Waals surface area contributed by atoms with Crippen molar-refractivity contribution >= 4 is 11.6 Å². The summed E-state index contributed by atoms with van der Waals surface area (Å²) in [6, 6.07) is 7.94. The van der Waals surface area contributed by atoms with Gasteiger partial charge in [-0.2, -0.15) is 0 Å². The molecule has 1 nitrogen and oxygen atoms in total. The highest BCUT2D eigenvalue weighted by Crippen LogP contribution is 2.20. The smallest absolute Gasteiger partial charge is 0.119 e. The fourth-order valence-corrected chi connectivity index (χ4v) is 1.33. The monoisotopic (exact) mass is 226 g/mol. The molecule has 1 aromatic rings. The number of hydrogen-bond donors (Lipinski definition) is 0. The average Bonchev–Trinajstić information content (AvgIpc) is 2.17. The predicted octanol–water partition coefficient (Wildman–Crippen LogP) is 4.24. The number of ether oxygens (including phenoxy) is 1. The average molecular weight is 227 g/mol. The number of benzene rings is 1. The van der Waals surface area contributed by atoms with Gasteiger partial charge < -0.3 is 4.74 Å². The van der Waals surface area contributed by atoms with Gasteiger partial charge in [-0.15, -0.1) is 11.6 Å². The number of alkyl halides is 1. The van der Waals surface area contributed by atoms with Crippen LogP contribution in [0.1, 0.15) is 32.8 Å². The molecular weight excluding hydrogens is 208 g/mol. The van der Waals surface area contributed by atoms with E-state index in [0.717, 1.165) is 24.3 Å². The van der Waals surface area contributed by atoms with E-state index < -0.39 is 0 Å². The van der Waals surface area contributed by atoms with Crippen molar-refractivity contribution in [1.29, 1.82) is 0 Å². The Bertz CT molecular complexity index is 284. The topological polar surface area (TPSA) is 9.23 Å². The molecule has 0 N–H and O–H groups in total. The first kappa shape index (κ1) is 12.4. The molecule has 0 saturated carbocycles. The van der Waals surface area contributed by atoms with Crippen LogP contribution in [0.3, 0.4) is 0 Å². The highest BCUT2D eigenvalue weighted by Gasteiger charge is 2.09. The van der Waals surface area contributed by atoms with Gasteiger partial charge in [0.05, 0.1) is 6.61 Å². The summed E-state index contributed by atoms with van der Waals surface area (Å²) in [6.45, 7) is 7.41. The molecule has 0 aliphatic rings. The summed E-state index contributed by atoms with van der Waals surface area (Å²) in [5.41, 5.74) is 1.45. The maximum atomic E-state index is 5.70. The van der Waals surface area contributed by atoms with Crippen LogP contribution in [0.5, 0.6) is 5.75 Å². The minimum atomic E-state index is 0.329. The summed E-state index contributed by atoms with van der Waals surface area (Å²) in [7, 11) is 0. The third kappa shape index (κ3) is 5.08. The van der Waals surface area contributed by atoms with E-state index in [9.17, 15) is 0 Å². The maximum Gasteiger partial charge on any atom is 0.119 e. The molecular formula is C13H19ClO. The Kier molecular flexibility index (Phi) is 4.46. The third-order valence-electron chi connectivity index (χ3n) is 2.20. The Morgan fingerprint density at radius 1 is 1.13 bits per heavy atom. The first-order chi connectivity index (χ1) is 7.01. The van der Waals surface area contributed by atoms with Crippen molar-refractivity contribution in [1.82, 2.24) is 0 Å². The van der Waals surface area contributed by atoms with Crippen molar-refractivity contribution in [2.45, 2.75) is 33.1 Å². The van der Waals surface area contributed by atoms with Crippen LogP contribution in [-0.2, 0) is 5.88 Å². The zero-order chi connectivity index (χ0) is 11.3. The summed E-state index contributed by atoms with van der Waals surface area (Å²) in [6.07, 6.45) is 1.06. The summed E-state index contributed by atoms with van der Waals surface area (Å²) in [4.78, 5) is 0. The lowest BCUT2D eigenvalue weighted by Gasteiger charge is -2.18. The van der Waals surface area contributed by atoms with Gasteiger partial charge in [-0.05, 0) is 29.5 Å². The van der Waals surface area contributed by atoms with Crippen molar-refractivity contribution < 1.29 is 4.74 Å². The second-order valence-corrected chi connectivity index (χ2v) is 5.20. The van der Waals surface area contributed by atoms with Gasteiger partial charge in [-0.3, -0.25) is 0 Å². The number of hydrogen-bond acceptors (Lipinski definition) is 1. The van der Waals surface area contributed by atoms with Crippen LogP contribution in [0, 0.1) is 5.41 Å². The van der Waals surface area contributed by atoms with Gasteiger partial charge in [0.15, 0.2) is 0 Å². The normalized spacial score (nSPS) is 11.5. The largest absolute Gasteiger partial charge is 0.494 e. The minimum Gasteiger partial charge on any atom is -0.494 e. The van der Waals surface area contributed by atoms with Crippen molar-refractivity contribution in [3.63, 3.8) is 0 Å². The molecule has 0 fully saturated rings. The standard InChI is InChI=1S/C13H19ClO/c1-13(2,3)8-9-15-12-6-4-11(10-14)5-7-12/h4-7H,8-10H2,1-3H3.